The van der Waals surface area contributed by atoms with Gasteiger partial charge < -0.3 is 18.9 Å². The molecule has 6 nitrogen and oxygen atoms in total. The summed E-state index contributed by atoms with van der Waals surface area (Å²) >= 11 is 23.6. The molecular formula is C18H15Cl4F3N2O4. The normalized spacial score (nSPS) is 11.1. The third-order valence-corrected chi connectivity index (χ3v) is 4.54. The molecule has 1 aromatic heterocycles. The number of allylic oxidation sites excluding steroid dienone is 1. The molecule has 170 valence electrons. The third kappa shape index (κ3) is 7.68. The predicted octanol–water partition coefficient (Wildman–Crippen LogP) is 6.70. The molecule has 0 N–H and O–H groups in total. The Bertz CT molecular complexity index is 931. The van der Waals surface area contributed by atoms with Gasteiger partial charge in [-0.15, -0.1) is 0 Å². The summed E-state index contributed by atoms with van der Waals surface area (Å²) < 4.78 is 59.4. The Kier molecular flexibility index (Phi) is 9.17. The molecule has 0 bridgehead atoms. The van der Waals surface area contributed by atoms with Gasteiger partial charge in [-0.3, -0.25) is 0 Å². The average Bonchev–Trinajstić information content (AvgIpc) is 2.68. The lowest BCUT2D eigenvalue weighted by Gasteiger charge is -2.13. The van der Waals surface area contributed by atoms with Crippen molar-refractivity contribution in [3.63, 3.8) is 0 Å². The molecule has 13 heteroatoms. The summed E-state index contributed by atoms with van der Waals surface area (Å²) in [5.41, 5.74) is -1.17. The van der Waals surface area contributed by atoms with E-state index in [1.165, 1.54) is 12.1 Å². The molecule has 31 heavy (non-hydrogen) atoms. The largest absolute Gasteiger partial charge is 0.490 e. The van der Waals surface area contributed by atoms with Crippen LogP contribution in [0.3, 0.4) is 0 Å². The van der Waals surface area contributed by atoms with Gasteiger partial charge in [0.05, 0.1) is 30.4 Å². The van der Waals surface area contributed by atoms with Crippen molar-refractivity contribution < 1.29 is 32.1 Å². The van der Waals surface area contributed by atoms with Crippen molar-refractivity contribution in [2.75, 3.05) is 20.3 Å². The van der Waals surface area contributed by atoms with Crippen LogP contribution in [0.15, 0.2) is 28.4 Å². The number of hydrogen-bond donors (Lipinski definition) is 0. The van der Waals surface area contributed by atoms with Crippen molar-refractivity contribution in [3.8, 4) is 23.4 Å². The van der Waals surface area contributed by atoms with E-state index in [1.54, 1.807) is 6.92 Å². The van der Waals surface area contributed by atoms with Crippen LogP contribution in [0.2, 0.25) is 10.0 Å². The number of nitrogens with zero attached hydrogens (tertiary/aromatic N) is 2. The van der Waals surface area contributed by atoms with Gasteiger partial charge in [0.15, 0.2) is 11.4 Å². The first-order valence-corrected chi connectivity index (χ1v) is 9.97. The van der Waals surface area contributed by atoms with Crippen molar-refractivity contribution in [3.05, 3.63) is 44.2 Å². The topological polar surface area (TPSA) is 62.7 Å². The van der Waals surface area contributed by atoms with Crippen molar-refractivity contribution in [2.24, 2.45) is 0 Å². The maximum atomic E-state index is 12.9. The number of methoxy groups -OCH3 is 1. The van der Waals surface area contributed by atoms with Crippen molar-refractivity contribution in [1.29, 1.82) is 0 Å². The number of hydrogen-bond acceptors (Lipinski definition) is 6. The Hall–Kier alpha value is -1.81. The Morgan fingerprint density at radius 3 is 2.16 bits per heavy atom. The maximum absolute atomic E-state index is 12.9. The van der Waals surface area contributed by atoms with E-state index in [2.05, 4.69) is 14.7 Å². The van der Waals surface area contributed by atoms with E-state index in [1.807, 2.05) is 0 Å². The highest BCUT2D eigenvalue weighted by Gasteiger charge is 2.34. The summed E-state index contributed by atoms with van der Waals surface area (Å²) in [6.45, 7) is 1.68. The van der Waals surface area contributed by atoms with E-state index >= 15 is 0 Å². The lowest BCUT2D eigenvalue weighted by atomic mass is 10.3. The Labute approximate surface area is 195 Å². The lowest BCUT2D eigenvalue weighted by Crippen LogP contribution is -2.12. The van der Waals surface area contributed by atoms with Crippen LogP contribution in [0, 0.1) is 0 Å². The second kappa shape index (κ2) is 11.2. The van der Waals surface area contributed by atoms with Crippen molar-refractivity contribution >= 4 is 46.4 Å². The minimum atomic E-state index is -4.66. The molecule has 0 radical (unpaired) electrons. The van der Waals surface area contributed by atoms with Crippen LogP contribution in [0.4, 0.5) is 13.2 Å². The molecule has 0 unspecified atom stereocenters. The fraction of sp³-hybridized carbons (Fsp3) is 0.333. The van der Waals surface area contributed by atoms with E-state index < -0.39 is 17.9 Å². The Balaban J connectivity index is 1.93. The smallest absolute Gasteiger partial charge is 0.433 e. The predicted molar refractivity (Wildman–Crippen MR) is 111 cm³/mol. The number of ether oxygens (including phenoxy) is 4. The monoisotopic (exact) mass is 520 g/mol. The second-order valence-corrected chi connectivity index (χ2v) is 7.52. The quantitative estimate of drug-likeness (QED) is 0.270. The van der Waals surface area contributed by atoms with Crippen LogP contribution < -0.4 is 18.9 Å². The average molecular weight is 522 g/mol. The van der Waals surface area contributed by atoms with Crippen LogP contribution in [-0.2, 0) is 6.18 Å². The summed E-state index contributed by atoms with van der Waals surface area (Å²) in [6, 6.07) is 3.15. The molecule has 0 fully saturated rings. The first-order valence-electron chi connectivity index (χ1n) is 8.46. The summed E-state index contributed by atoms with van der Waals surface area (Å²) in [6.07, 6.45) is -4.37. The van der Waals surface area contributed by atoms with Crippen LogP contribution in [0.1, 0.15) is 19.0 Å². The van der Waals surface area contributed by atoms with Gasteiger partial charge in [-0.05, 0) is 6.92 Å². The lowest BCUT2D eigenvalue weighted by molar-refractivity contribution is -0.141. The van der Waals surface area contributed by atoms with Gasteiger partial charge in [0.25, 0.3) is 0 Å². The van der Waals surface area contributed by atoms with Gasteiger partial charge in [-0.25, -0.2) is 0 Å². The third-order valence-electron chi connectivity index (χ3n) is 3.45. The van der Waals surface area contributed by atoms with Crippen LogP contribution in [-0.4, -0.2) is 30.3 Å². The maximum Gasteiger partial charge on any atom is 0.433 e. The summed E-state index contributed by atoms with van der Waals surface area (Å²) in [5, 5.41) is 0.356. The van der Waals surface area contributed by atoms with E-state index in [0.717, 1.165) is 7.11 Å². The molecule has 2 rings (SSSR count). The number of alkyl halides is 3. The molecule has 1 aromatic carbocycles. The number of benzene rings is 1. The molecule has 0 spiro atoms. The van der Waals surface area contributed by atoms with Gasteiger partial charge >= 0.3 is 12.2 Å². The van der Waals surface area contributed by atoms with E-state index in [9.17, 15) is 13.2 Å². The molecule has 1 heterocycles. The fourth-order valence-electron chi connectivity index (χ4n) is 2.07. The molecule has 0 saturated carbocycles. The highest BCUT2D eigenvalue weighted by molar-refractivity contribution is 6.56. The SMILES string of the molecule is COc1nc(OCCCOc2c(Cl)cc(OC(C)=C(Cl)Cl)cc2Cl)cc(C(F)(F)F)n1. The molecule has 0 aliphatic rings. The molecule has 0 amide bonds. The Morgan fingerprint density at radius 1 is 1.00 bits per heavy atom. The van der Waals surface area contributed by atoms with Crippen molar-refractivity contribution in [1.82, 2.24) is 9.97 Å². The number of halogens is 7. The second-order valence-electron chi connectivity index (χ2n) is 5.76. The molecule has 2 aromatic rings. The molecule has 0 aliphatic carbocycles. The Morgan fingerprint density at radius 2 is 1.61 bits per heavy atom. The first-order chi connectivity index (χ1) is 14.5. The highest BCUT2D eigenvalue weighted by atomic mass is 35.5. The minimum absolute atomic E-state index is 0.00606. The molecular weight excluding hydrogens is 507 g/mol. The number of aromatic nitrogens is 2. The minimum Gasteiger partial charge on any atom is -0.490 e. The summed E-state index contributed by atoms with van der Waals surface area (Å²) in [4.78, 5) is 6.96. The van der Waals surface area contributed by atoms with Gasteiger partial charge in [-0.1, -0.05) is 46.4 Å². The van der Waals surface area contributed by atoms with Gasteiger partial charge in [0.1, 0.15) is 16.0 Å². The van der Waals surface area contributed by atoms with Crippen molar-refractivity contribution in [2.45, 2.75) is 19.5 Å². The molecule has 0 saturated heterocycles. The zero-order valence-electron chi connectivity index (χ0n) is 16.0. The fourth-order valence-corrected chi connectivity index (χ4v) is 2.73. The zero-order chi connectivity index (χ0) is 23.2. The molecule has 0 aliphatic heterocycles. The zero-order valence-corrected chi connectivity index (χ0v) is 19.1. The standard InChI is InChI=1S/C18H15Cl4F3N2O4/c1-9(16(21)22)31-10-6-11(19)15(12(20)7-10)30-5-3-4-29-14-8-13(18(23,24)25)26-17(27-14)28-2/h6-8H,3-5H2,1-2H3. The molecule has 0 atom stereocenters. The van der Waals surface area contributed by atoms with E-state index in [0.29, 0.717) is 18.2 Å². The number of rotatable bonds is 9. The first kappa shape index (κ1) is 25.5. The highest BCUT2D eigenvalue weighted by Crippen LogP contribution is 2.38. The van der Waals surface area contributed by atoms with E-state index in [4.69, 9.17) is 60.6 Å². The summed E-state index contributed by atoms with van der Waals surface area (Å²) in [7, 11) is 1.15. The van der Waals surface area contributed by atoms with Gasteiger partial charge in [0, 0.05) is 24.6 Å². The van der Waals surface area contributed by atoms with Crippen LogP contribution >= 0.6 is 46.4 Å². The van der Waals surface area contributed by atoms with Gasteiger partial charge in [0.2, 0.25) is 5.88 Å². The van der Waals surface area contributed by atoms with Crippen LogP contribution in [0.25, 0.3) is 0 Å². The van der Waals surface area contributed by atoms with Gasteiger partial charge in [-0.2, -0.15) is 23.1 Å². The summed E-state index contributed by atoms with van der Waals surface area (Å²) in [5.74, 6) is 0.493. The van der Waals surface area contributed by atoms with Crippen LogP contribution in [0.5, 0.6) is 23.4 Å². The van der Waals surface area contributed by atoms with E-state index in [-0.39, 0.29) is 45.1 Å².